The molecule has 3 aromatic heterocycles. The highest BCUT2D eigenvalue weighted by Gasteiger charge is 2.10. The van der Waals surface area contributed by atoms with Gasteiger partial charge >= 0.3 is 0 Å². The van der Waals surface area contributed by atoms with E-state index in [0.29, 0.717) is 29.6 Å². The fraction of sp³-hybridized carbons (Fsp3) is 0.158. The number of nitrogens with zero attached hydrogens (tertiary/aromatic N) is 5. The summed E-state index contributed by atoms with van der Waals surface area (Å²) in [6, 6.07) is 6.27. The number of nitrogens with one attached hydrogen (secondary N) is 1. The molecular weight excluding hydrogens is 379 g/mol. The molecule has 0 unspecified atom stereocenters. The highest BCUT2D eigenvalue weighted by atomic mass is 19.1. The monoisotopic (exact) mass is 396 g/mol. The number of amides is 1. The van der Waals surface area contributed by atoms with E-state index in [1.807, 2.05) is 6.92 Å². The molecule has 3 heterocycles. The van der Waals surface area contributed by atoms with Gasteiger partial charge in [-0.25, -0.2) is 25.4 Å². The van der Waals surface area contributed by atoms with Gasteiger partial charge in [0.15, 0.2) is 5.82 Å². The Kier molecular flexibility index (Phi) is 6.36. The lowest BCUT2D eigenvalue weighted by Gasteiger charge is -2.05. The molecule has 148 valence electrons. The second-order valence-electron chi connectivity index (χ2n) is 5.54. The molecule has 0 aliphatic heterocycles. The summed E-state index contributed by atoms with van der Waals surface area (Å²) in [5.41, 5.74) is 3.06. The van der Waals surface area contributed by atoms with E-state index in [1.54, 1.807) is 18.3 Å². The third-order valence-electron chi connectivity index (χ3n) is 3.62. The first-order valence-electron chi connectivity index (χ1n) is 8.56. The maximum atomic E-state index is 13.7. The van der Waals surface area contributed by atoms with E-state index in [4.69, 9.17) is 9.47 Å². The Hall–Kier alpha value is -3.95. The van der Waals surface area contributed by atoms with Crippen LogP contribution < -0.4 is 14.9 Å². The molecule has 9 nitrogen and oxygen atoms in total. The molecule has 1 N–H and O–H groups in total. The van der Waals surface area contributed by atoms with Crippen molar-refractivity contribution in [2.75, 3.05) is 13.7 Å². The fourth-order valence-corrected chi connectivity index (χ4v) is 2.23. The predicted octanol–water partition coefficient (Wildman–Crippen LogP) is 2.24. The van der Waals surface area contributed by atoms with Gasteiger partial charge in [-0.3, -0.25) is 4.79 Å². The maximum Gasteiger partial charge on any atom is 0.290 e. The Bertz CT molecular complexity index is 1030. The predicted molar refractivity (Wildman–Crippen MR) is 102 cm³/mol. The first-order valence-corrected chi connectivity index (χ1v) is 8.56. The molecule has 1 amide bonds. The molecule has 0 spiro atoms. The molecule has 0 fully saturated rings. The van der Waals surface area contributed by atoms with Gasteiger partial charge in [0.2, 0.25) is 11.8 Å². The summed E-state index contributed by atoms with van der Waals surface area (Å²) in [5.74, 6) is -0.154. The lowest BCUT2D eigenvalue weighted by molar-refractivity contribution is 0.0950. The van der Waals surface area contributed by atoms with Gasteiger partial charge in [0.25, 0.3) is 5.91 Å². The van der Waals surface area contributed by atoms with Gasteiger partial charge in [-0.2, -0.15) is 9.49 Å². The van der Waals surface area contributed by atoms with Crippen molar-refractivity contribution >= 4 is 12.1 Å². The first-order chi connectivity index (χ1) is 14.1. The molecule has 0 aliphatic rings. The van der Waals surface area contributed by atoms with Crippen LogP contribution in [0.4, 0.5) is 4.39 Å². The number of halogens is 1. The minimum atomic E-state index is -0.740. The van der Waals surface area contributed by atoms with E-state index >= 15 is 0 Å². The third-order valence-corrected chi connectivity index (χ3v) is 3.62. The van der Waals surface area contributed by atoms with E-state index in [1.165, 1.54) is 31.6 Å². The second-order valence-corrected chi connectivity index (χ2v) is 5.54. The summed E-state index contributed by atoms with van der Waals surface area (Å²) in [5, 5.41) is 3.74. The van der Waals surface area contributed by atoms with Crippen molar-refractivity contribution < 1.29 is 18.7 Å². The number of rotatable bonds is 7. The average molecular weight is 396 g/mol. The molecule has 0 radical (unpaired) electrons. The lowest BCUT2D eigenvalue weighted by Crippen LogP contribution is -2.19. The molecule has 0 saturated heterocycles. The van der Waals surface area contributed by atoms with Crippen LogP contribution in [0.2, 0.25) is 0 Å². The summed E-state index contributed by atoms with van der Waals surface area (Å²) >= 11 is 0. The van der Waals surface area contributed by atoms with Crippen LogP contribution in [0, 0.1) is 5.95 Å². The zero-order valence-corrected chi connectivity index (χ0v) is 15.7. The van der Waals surface area contributed by atoms with E-state index in [2.05, 4.69) is 30.5 Å². The summed E-state index contributed by atoms with van der Waals surface area (Å²) in [4.78, 5) is 28.3. The number of pyridine rings is 2. The van der Waals surface area contributed by atoms with Crippen molar-refractivity contribution in [3.8, 4) is 23.0 Å². The van der Waals surface area contributed by atoms with Crippen molar-refractivity contribution in [2.45, 2.75) is 6.92 Å². The van der Waals surface area contributed by atoms with Crippen molar-refractivity contribution in [3.63, 3.8) is 0 Å². The topological polar surface area (TPSA) is 111 Å². The van der Waals surface area contributed by atoms with Gasteiger partial charge in [0, 0.05) is 24.0 Å². The fourth-order valence-electron chi connectivity index (χ4n) is 2.23. The van der Waals surface area contributed by atoms with Gasteiger partial charge in [0.05, 0.1) is 31.7 Å². The van der Waals surface area contributed by atoms with Crippen LogP contribution in [0.3, 0.4) is 0 Å². The highest BCUT2D eigenvalue weighted by Crippen LogP contribution is 2.16. The third kappa shape index (κ3) is 5.06. The van der Waals surface area contributed by atoms with Gasteiger partial charge in [-0.05, 0) is 25.1 Å². The van der Waals surface area contributed by atoms with Crippen LogP contribution in [0.5, 0.6) is 11.6 Å². The number of ether oxygens (including phenoxy) is 2. The van der Waals surface area contributed by atoms with Crippen LogP contribution in [-0.4, -0.2) is 45.8 Å². The number of hydrazone groups is 1. The molecule has 0 bridgehead atoms. The highest BCUT2D eigenvalue weighted by molar-refractivity contribution is 5.93. The quantitative estimate of drug-likeness (QED) is 0.370. The number of carbonyl (C=O) groups excluding carboxylic acids is 1. The molecule has 29 heavy (non-hydrogen) atoms. The standard InChI is InChI=1S/C19H17FN6O3/c1-3-29-16-5-4-12(9-22-16)18-21-7-6-15(25-18)19(27)26-24-10-13-8-14(28-2)11-23-17(13)20/h4-11H,3H2,1-2H3,(H,26,27)/b24-10+. The molecule has 10 heteroatoms. The Labute approximate surface area is 165 Å². The zero-order chi connectivity index (χ0) is 20.6. The van der Waals surface area contributed by atoms with E-state index in [0.717, 1.165) is 6.21 Å². The molecule has 0 aromatic carbocycles. The second kappa shape index (κ2) is 9.31. The largest absolute Gasteiger partial charge is 0.495 e. The lowest BCUT2D eigenvalue weighted by atomic mass is 10.2. The first kappa shape index (κ1) is 19.8. The summed E-state index contributed by atoms with van der Waals surface area (Å²) in [7, 11) is 1.43. The van der Waals surface area contributed by atoms with Crippen LogP contribution in [0.15, 0.2) is 48.0 Å². The SMILES string of the molecule is CCOc1ccc(-c2nccc(C(=O)N/N=C/c3cc(OC)cnc3F)n2)cn1. The van der Waals surface area contributed by atoms with Gasteiger partial charge in [-0.15, -0.1) is 0 Å². The summed E-state index contributed by atoms with van der Waals surface area (Å²) < 4.78 is 23.9. The number of methoxy groups -OCH3 is 1. The van der Waals surface area contributed by atoms with Crippen molar-refractivity contribution in [2.24, 2.45) is 5.10 Å². The Morgan fingerprint density at radius 1 is 1.24 bits per heavy atom. The van der Waals surface area contributed by atoms with Gasteiger partial charge < -0.3 is 9.47 Å². The number of hydrogen-bond acceptors (Lipinski definition) is 8. The van der Waals surface area contributed by atoms with E-state index in [-0.39, 0.29) is 11.3 Å². The van der Waals surface area contributed by atoms with Crippen LogP contribution in [-0.2, 0) is 0 Å². The Morgan fingerprint density at radius 3 is 2.83 bits per heavy atom. The number of carbonyl (C=O) groups is 1. The van der Waals surface area contributed by atoms with Crippen molar-refractivity contribution in [1.29, 1.82) is 0 Å². The molecule has 0 saturated carbocycles. The molecule has 0 aliphatic carbocycles. The van der Waals surface area contributed by atoms with Crippen molar-refractivity contribution in [3.05, 3.63) is 60.1 Å². The number of aromatic nitrogens is 4. The van der Waals surface area contributed by atoms with E-state index in [9.17, 15) is 9.18 Å². The smallest absolute Gasteiger partial charge is 0.290 e. The Balaban J connectivity index is 1.71. The average Bonchev–Trinajstić information content (AvgIpc) is 2.76. The normalized spacial score (nSPS) is 10.7. The Morgan fingerprint density at radius 2 is 2.10 bits per heavy atom. The number of hydrogen-bond donors (Lipinski definition) is 1. The van der Waals surface area contributed by atoms with Crippen LogP contribution in [0.25, 0.3) is 11.4 Å². The van der Waals surface area contributed by atoms with Gasteiger partial charge in [-0.1, -0.05) is 0 Å². The summed E-state index contributed by atoms with van der Waals surface area (Å²) in [6.07, 6.45) is 5.37. The molecule has 3 rings (SSSR count). The minimum absolute atomic E-state index is 0.0634. The van der Waals surface area contributed by atoms with Crippen LogP contribution in [0.1, 0.15) is 23.0 Å². The molecule has 3 aromatic rings. The molecular formula is C19H17FN6O3. The van der Waals surface area contributed by atoms with Gasteiger partial charge in [0.1, 0.15) is 11.4 Å². The zero-order valence-electron chi connectivity index (χ0n) is 15.7. The van der Waals surface area contributed by atoms with Crippen molar-refractivity contribution in [1.82, 2.24) is 25.4 Å². The van der Waals surface area contributed by atoms with Crippen LogP contribution >= 0.6 is 0 Å². The van der Waals surface area contributed by atoms with E-state index < -0.39 is 11.9 Å². The minimum Gasteiger partial charge on any atom is -0.495 e. The molecule has 0 atom stereocenters. The maximum absolute atomic E-state index is 13.7. The summed E-state index contributed by atoms with van der Waals surface area (Å²) in [6.45, 7) is 2.37.